The van der Waals surface area contributed by atoms with Crippen molar-refractivity contribution in [3.05, 3.63) is 70.5 Å². The first-order chi connectivity index (χ1) is 14.8. The number of hydrogen-bond donors (Lipinski definition) is 1. The molecule has 5 nitrogen and oxygen atoms in total. The quantitative estimate of drug-likeness (QED) is 0.609. The van der Waals surface area contributed by atoms with E-state index >= 15 is 0 Å². The van der Waals surface area contributed by atoms with Gasteiger partial charge in [0.1, 0.15) is 5.75 Å². The van der Waals surface area contributed by atoms with Crippen LogP contribution in [0.4, 0.5) is 18.9 Å². The number of fused-ring (bicyclic) bond motifs is 1. The van der Waals surface area contributed by atoms with Gasteiger partial charge in [-0.25, -0.2) is 4.68 Å². The molecule has 1 aliphatic carbocycles. The van der Waals surface area contributed by atoms with Gasteiger partial charge in [0.15, 0.2) is 5.69 Å². The van der Waals surface area contributed by atoms with Crippen molar-refractivity contribution < 1.29 is 22.7 Å². The number of amides is 1. The third-order valence-corrected chi connectivity index (χ3v) is 5.43. The van der Waals surface area contributed by atoms with Gasteiger partial charge in [0.05, 0.1) is 18.5 Å². The molecule has 0 aliphatic heterocycles. The summed E-state index contributed by atoms with van der Waals surface area (Å²) in [6.07, 6.45) is -2.01. The largest absolute Gasteiger partial charge is 0.495 e. The van der Waals surface area contributed by atoms with Crippen LogP contribution >= 0.6 is 0 Å². The number of hydrogen-bond acceptors (Lipinski definition) is 3. The first kappa shape index (κ1) is 21.0. The Morgan fingerprint density at radius 3 is 2.48 bits per heavy atom. The third kappa shape index (κ3) is 4.15. The van der Waals surface area contributed by atoms with Gasteiger partial charge in [-0.3, -0.25) is 4.79 Å². The molecule has 1 N–H and O–H groups in total. The summed E-state index contributed by atoms with van der Waals surface area (Å²) < 4.78 is 46.9. The second-order valence-electron chi connectivity index (χ2n) is 7.60. The van der Waals surface area contributed by atoms with Crippen LogP contribution in [-0.4, -0.2) is 22.8 Å². The highest BCUT2D eigenvalue weighted by molar-refractivity contribution is 6.05. The Bertz CT molecular complexity index is 1120. The maximum atomic E-state index is 13.4. The van der Waals surface area contributed by atoms with Gasteiger partial charge < -0.3 is 10.1 Å². The van der Waals surface area contributed by atoms with Crippen LogP contribution in [0.5, 0.6) is 5.75 Å². The van der Waals surface area contributed by atoms with Gasteiger partial charge in [-0.1, -0.05) is 6.07 Å². The molecule has 0 saturated heterocycles. The molecular formula is C23H22F3N3O2. The van der Waals surface area contributed by atoms with E-state index in [0.717, 1.165) is 18.4 Å². The molecule has 4 rings (SSSR count). The number of aryl methyl sites for hydroxylation is 1. The second-order valence-corrected chi connectivity index (χ2v) is 7.60. The predicted octanol–water partition coefficient (Wildman–Crippen LogP) is 5.34. The molecule has 1 aromatic heterocycles. The van der Waals surface area contributed by atoms with Crippen molar-refractivity contribution in [2.45, 2.75) is 38.8 Å². The Hall–Kier alpha value is -3.29. The zero-order valence-electron chi connectivity index (χ0n) is 17.2. The minimum Gasteiger partial charge on any atom is -0.495 e. The molecule has 0 fully saturated rings. The van der Waals surface area contributed by atoms with E-state index in [4.69, 9.17) is 4.74 Å². The highest BCUT2D eigenvalue weighted by Crippen LogP contribution is 2.36. The van der Waals surface area contributed by atoms with E-state index in [0.29, 0.717) is 41.2 Å². The summed E-state index contributed by atoms with van der Waals surface area (Å²) in [6, 6.07) is 11.8. The van der Waals surface area contributed by atoms with Crippen molar-refractivity contribution in [3.8, 4) is 11.4 Å². The zero-order valence-corrected chi connectivity index (χ0v) is 17.2. The number of ether oxygens (including phenoxy) is 1. The number of carbonyl (C=O) groups excluding carboxylic acids is 1. The van der Waals surface area contributed by atoms with Gasteiger partial charge in [0, 0.05) is 16.8 Å². The lowest BCUT2D eigenvalue weighted by atomic mass is 9.95. The highest BCUT2D eigenvalue weighted by atomic mass is 19.4. The molecule has 0 spiro atoms. The summed E-state index contributed by atoms with van der Waals surface area (Å²) in [5.74, 6) is 0.201. The lowest BCUT2D eigenvalue weighted by Crippen LogP contribution is -2.13. The fraction of sp³-hybridized carbons (Fsp3) is 0.304. The maximum Gasteiger partial charge on any atom is 0.435 e. The number of aromatic nitrogens is 2. The van der Waals surface area contributed by atoms with E-state index in [-0.39, 0.29) is 11.5 Å². The molecule has 0 radical (unpaired) electrons. The average Bonchev–Trinajstić information content (AvgIpc) is 3.14. The number of alkyl halides is 3. The number of benzene rings is 2. The van der Waals surface area contributed by atoms with Crippen LogP contribution < -0.4 is 10.1 Å². The fourth-order valence-electron chi connectivity index (χ4n) is 3.91. The summed E-state index contributed by atoms with van der Waals surface area (Å²) >= 11 is 0. The van der Waals surface area contributed by atoms with Crippen molar-refractivity contribution in [2.24, 2.45) is 0 Å². The molecule has 31 heavy (non-hydrogen) atoms. The minimum atomic E-state index is -4.49. The topological polar surface area (TPSA) is 56.1 Å². The van der Waals surface area contributed by atoms with Crippen LogP contribution in [-0.2, 0) is 19.0 Å². The maximum absolute atomic E-state index is 13.4. The van der Waals surface area contributed by atoms with E-state index < -0.39 is 11.9 Å². The van der Waals surface area contributed by atoms with Crippen molar-refractivity contribution >= 4 is 11.6 Å². The minimum absolute atomic E-state index is 0.284. The number of rotatable bonds is 4. The normalized spacial score (nSPS) is 13.6. The standard InChI is InChI=1S/C23H22F3N3O2/c1-14-7-12-20(31-2)18(13-14)27-22(30)15-8-10-16(11-9-15)29-19-6-4-3-5-17(19)21(28-29)23(24,25)26/h7-13H,3-6H2,1-2H3,(H,27,30). The molecule has 0 unspecified atom stereocenters. The highest BCUT2D eigenvalue weighted by Gasteiger charge is 2.39. The Kier molecular flexibility index (Phi) is 5.47. The van der Waals surface area contributed by atoms with Crippen molar-refractivity contribution in [2.75, 3.05) is 12.4 Å². The van der Waals surface area contributed by atoms with Crippen LogP contribution in [0.3, 0.4) is 0 Å². The fourth-order valence-corrected chi connectivity index (χ4v) is 3.91. The summed E-state index contributed by atoms with van der Waals surface area (Å²) in [5, 5.41) is 6.70. The number of carbonyl (C=O) groups is 1. The molecular weight excluding hydrogens is 407 g/mol. The summed E-state index contributed by atoms with van der Waals surface area (Å²) in [5.41, 5.74) is 2.47. The van der Waals surface area contributed by atoms with Gasteiger partial charge in [0.25, 0.3) is 5.91 Å². The lowest BCUT2D eigenvalue weighted by Gasteiger charge is -2.15. The average molecular weight is 429 g/mol. The number of methoxy groups -OCH3 is 1. The Labute approximate surface area is 177 Å². The second kappa shape index (κ2) is 8.09. The molecule has 8 heteroatoms. The first-order valence-corrected chi connectivity index (χ1v) is 10.0. The van der Waals surface area contributed by atoms with Crippen molar-refractivity contribution in [1.82, 2.24) is 9.78 Å². The van der Waals surface area contributed by atoms with Gasteiger partial charge in [-0.2, -0.15) is 18.3 Å². The SMILES string of the molecule is COc1ccc(C)cc1NC(=O)c1ccc(-n2nc(C(F)(F)F)c3c2CCCC3)cc1. The lowest BCUT2D eigenvalue weighted by molar-refractivity contribution is -0.142. The molecule has 0 bridgehead atoms. The number of anilines is 1. The van der Waals surface area contributed by atoms with Gasteiger partial charge in [0.2, 0.25) is 0 Å². The van der Waals surface area contributed by atoms with Crippen molar-refractivity contribution in [3.63, 3.8) is 0 Å². The van der Waals surface area contributed by atoms with E-state index in [2.05, 4.69) is 10.4 Å². The molecule has 3 aromatic rings. The van der Waals surface area contributed by atoms with Crippen LogP contribution in [0.15, 0.2) is 42.5 Å². The van der Waals surface area contributed by atoms with Crippen LogP contribution in [0.25, 0.3) is 5.69 Å². The van der Waals surface area contributed by atoms with E-state index in [1.54, 1.807) is 36.4 Å². The van der Waals surface area contributed by atoms with E-state index in [1.807, 2.05) is 13.0 Å². The van der Waals surface area contributed by atoms with E-state index in [9.17, 15) is 18.0 Å². The zero-order chi connectivity index (χ0) is 22.2. The number of halogens is 3. The van der Waals surface area contributed by atoms with Crippen LogP contribution in [0, 0.1) is 6.92 Å². The Balaban J connectivity index is 1.61. The Morgan fingerprint density at radius 2 is 1.81 bits per heavy atom. The predicted molar refractivity (Wildman–Crippen MR) is 111 cm³/mol. The van der Waals surface area contributed by atoms with Crippen molar-refractivity contribution in [1.29, 1.82) is 0 Å². The third-order valence-electron chi connectivity index (χ3n) is 5.43. The summed E-state index contributed by atoms with van der Waals surface area (Å²) in [4.78, 5) is 12.7. The molecule has 162 valence electrons. The van der Waals surface area contributed by atoms with E-state index in [1.165, 1.54) is 11.8 Å². The smallest absolute Gasteiger partial charge is 0.435 e. The molecule has 1 aliphatic rings. The van der Waals surface area contributed by atoms with Gasteiger partial charge in [-0.05, 0) is 74.6 Å². The molecule has 1 heterocycles. The first-order valence-electron chi connectivity index (χ1n) is 10.0. The number of nitrogens with one attached hydrogen (secondary N) is 1. The van der Waals surface area contributed by atoms with Gasteiger partial charge in [-0.15, -0.1) is 0 Å². The molecule has 2 aromatic carbocycles. The summed E-state index contributed by atoms with van der Waals surface area (Å²) in [6.45, 7) is 1.91. The molecule has 1 amide bonds. The Morgan fingerprint density at radius 1 is 1.10 bits per heavy atom. The monoisotopic (exact) mass is 429 g/mol. The summed E-state index contributed by atoms with van der Waals surface area (Å²) in [7, 11) is 1.52. The van der Waals surface area contributed by atoms with Crippen LogP contribution in [0.1, 0.15) is 45.7 Å². The molecule has 0 saturated carbocycles. The molecule has 0 atom stereocenters. The number of nitrogens with zero attached hydrogens (tertiary/aromatic N) is 2. The van der Waals surface area contributed by atoms with Crippen LogP contribution in [0.2, 0.25) is 0 Å². The van der Waals surface area contributed by atoms with Gasteiger partial charge >= 0.3 is 6.18 Å².